The topological polar surface area (TPSA) is 29.5 Å². The summed E-state index contributed by atoms with van der Waals surface area (Å²) in [5.41, 5.74) is 0. The lowest BCUT2D eigenvalue weighted by atomic mass is 9.86. The number of ether oxygens (including phenoxy) is 1. The van der Waals surface area contributed by atoms with Crippen LogP contribution in [0.2, 0.25) is 0 Å². The van der Waals surface area contributed by atoms with Crippen LogP contribution < -0.4 is 0 Å². The van der Waals surface area contributed by atoms with Crippen LogP contribution >= 0.6 is 0 Å². The zero-order valence-electron chi connectivity index (χ0n) is 8.61. The van der Waals surface area contributed by atoms with Crippen molar-refractivity contribution in [3.8, 4) is 0 Å². The highest BCUT2D eigenvalue weighted by molar-refractivity contribution is 5.68. The second-order valence-electron chi connectivity index (χ2n) is 4.07. The Bertz CT molecular complexity index is 234. The Morgan fingerprint density at radius 3 is 2.43 bits per heavy atom. The molecule has 2 rings (SSSR count). The SMILES string of the molecule is CCOC(=O)N1C[C@H]2CC=CC[C@H]2C1. The number of amides is 1. The predicted molar refractivity (Wildman–Crippen MR) is 53.9 cm³/mol. The lowest BCUT2D eigenvalue weighted by Crippen LogP contribution is -2.29. The van der Waals surface area contributed by atoms with E-state index in [1.807, 2.05) is 11.8 Å². The van der Waals surface area contributed by atoms with Gasteiger partial charge in [-0.15, -0.1) is 0 Å². The van der Waals surface area contributed by atoms with Crippen molar-refractivity contribution in [3.63, 3.8) is 0 Å². The van der Waals surface area contributed by atoms with Gasteiger partial charge >= 0.3 is 6.09 Å². The number of likely N-dealkylation sites (tertiary alicyclic amines) is 1. The molecule has 14 heavy (non-hydrogen) atoms. The van der Waals surface area contributed by atoms with Crippen LogP contribution in [0.25, 0.3) is 0 Å². The number of carbonyl (C=O) groups excluding carboxylic acids is 1. The average Bonchev–Trinajstić information content (AvgIpc) is 2.61. The standard InChI is InChI=1S/C11H17NO2/c1-2-14-11(13)12-7-9-5-3-4-6-10(9)8-12/h3-4,9-10H,2,5-8H2,1H3/t9-,10+. The van der Waals surface area contributed by atoms with Crippen molar-refractivity contribution in [2.75, 3.05) is 19.7 Å². The molecule has 3 nitrogen and oxygen atoms in total. The second kappa shape index (κ2) is 4.03. The van der Waals surface area contributed by atoms with E-state index in [0.717, 1.165) is 25.9 Å². The molecule has 1 aliphatic heterocycles. The Labute approximate surface area is 84.7 Å². The maximum Gasteiger partial charge on any atom is 0.409 e. The molecule has 1 heterocycles. The monoisotopic (exact) mass is 195 g/mol. The van der Waals surface area contributed by atoms with Crippen molar-refractivity contribution < 1.29 is 9.53 Å². The number of fused-ring (bicyclic) bond motifs is 1. The van der Waals surface area contributed by atoms with Gasteiger partial charge in [-0.25, -0.2) is 4.79 Å². The first-order chi connectivity index (χ1) is 6.81. The first kappa shape index (κ1) is 9.56. The van der Waals surface area contributed by atoms with E-state index < -0.39 is 0 Å². The van der Waals surface area contributed by atoms with E-state index >= 15 is 0 Å². The third-order valence-electron chi connectivity index (χ3n) is 3.15. The van der Waals surface area contributed by atoms with Crippen molar-refractivity contribution in [2.24, 2.45) is 11.8 Å². The Balaban J connectivity index is 1.91. The van der Waals surface area contributed by atoms with Crippen LogP contribution in [0.3, 0.4) is 0 Å². The summed E-state index contributed by atoms with van der Waals surface area (Å²) in [7, 11) is 0. The molecule has 1 saturated heterocycles. The molecule has 78 valence electrons. The highest BCUT2D eigenvalue weighted by atomic mass is 16.6. The maximum atomic E-state index is 11.5. The Kier molecular flexibility index (Phi) is 2.75. The summed E-state index contributed by atoms with van der Waals surface area (Å²) in [4.78, 5) is 13.3. The molecule has 3 heteroatoms. The van der Waals surface area contributed by atoms with E-state index in [1.165, 1.54) is 0 Å². The third-order valence-corrected chi connectivity index (χ3v) is 3.15. The smallest absolute Gasteiger partial charge is 0.409 e. The first-order valence-corrected chi connectivity index (χ1v) is 5.38. The van der Waals surface area contributed by atoms with Crippen LogP contribution in [0.5, 0.6) is 0 Å². The van der Waals surface area contributed by atoms with Crippen LogP contribution in [-0.2, 0) is 4.74 Å². The van der Waals surface area contributed by atoms with Crippen LogP contribution in [0.15, 0.2) is 12.2 Å². The minimum atomic E-state index is -0.137. The van der Waals surface area contributed by atoms with Gasteiger partial charge in [-0.3, -0.25) is 0 Å². The summed E-state index contributed by atoms with van der Waals surface area (Å²) >= 11 is 0. The summed E-state index contributed by atoms with van der Waals surface area (Å²) < 4.78 is 5.00. The molecule has 0 saturated carbocycles. The van der Waals surface area contributed by atoms with Gasteiger partial charge in [0, 0.05) is 13.1 Å². The van der Waals surface area contributed by atoms with E-state index in [-0.39, 0.29) is 6.09 Å². The van der Waals surface area contributed by atoms with Gasteiger partial charge in [0.1, 0.15) is 0 Å². The van der Waals surface area contributed by atoms with Crippen molar-refractivity contribution >= 4 is 6.09 Å². The summed E-state index contributed by atoms with van der Waals surface area (Å²) in [6.07, 6.45) is 6.58. The van der Waals surface area contributed by atoms with Gasteiger partial charge in [-0.1, -0.05) is 12.2 Å². The fourth-order valence-electron chi connectivity index (χ4n) is 2.38. The molecule has 0 aromatic rings. The van der Waals surface area contributed by atoms with Crippen LogP contribution in [0.1, 0.15) is 19.8 Å². The summed E-state index contributed by atoms with van der Waals surface area (Å²) in [6.45, 7) is 4.09. The molecule has 1 aliphatic carbocycles. The Hall–Kier alpha value is -0.990. The Morgan fingerprint density at radius 2 is 1.93 bits per heavy atom. The summed E-state index contributed by atoms with van der Waals surface area (Å²) in [5.74, 6) is 1.34. The third kappa shape index (κ3) is 1.76. The van der Waals surface area contributed by atoms with Gasteiger partial charge in [0.05, 0.1) is 6.61 Å². The van der Waals surface area contributed by atoms with Gasteiger partial charge in [0.25, 0.3) is 0 Å². The van der Waals surface area contributed by atoms with Crippen LogP contribution in [0.4, 0.5) is 4.79 Å². The van der Waals surface area contributed by atoms with Crippen molar-refractivity contribution in [2.45, 2.75) is 19.8 Å². The first-order valence-electron chi connectivity index (χ1n) is 5.38. The number of allylic oxidation sites excluding steroid dienone is 2. The average molecular weight is 195 g/mol. The molecule has 0 aromatic heterocycles. The van der Waals surface area contributed by atoms with Crippen LogP contribution in [0, 0.1) is 11.8 Å². The van der Waals surface area contributed by atoms with Crippen molar-refractivity contribution in [3.05, 3.63) is 12.2 Å². The van der Waals surface area contributed by atoms with Gasteiger partial charge in [-0.05, 0) is 31.6 Å². The molecule has 2 aliphatic rings. The number of nitrogens with zero attached hydrogens (tertiary/aromatic N) is 1. The fourth-order valence-corrected chi connectivity index (χ4v) is 2.38. The Morgan fingerprint density at radius 1 is 1.36 bits per heavy atom. The van der Waals surface area contributed by atoms with E-state index in [9.17, 15) is 4.79 Å². The minimum Gasteiger partial charge on any atom is -0.450 e. The molecule has 1 amide bonds. The quantitative estimate of drug-likeness (QED) is 0.599. The van der Waals surface area contributed by atoms with Gasteiger partial charge in [0.15, 0.2) is 0 Å². The summed E-state index contributed by atoms with van der Waals surface area (Å²) in [5, 5.41) is 0. The lowest BCUT2D eigenvalue weighted by Gasteiger charge is -2.17. The lowest BCUT2D eigenvalue weighted by molar-refractivity contribution is 0.114. The van der Waals surface area contributed by atoms with Crippen molar-refractivity contribution in [1.29, 1.82) is 0 Å². The number of hydrogen-bond acceptors (Lipinski definition) is 2. The molecule has 0 unspecified atom stereocenters. The zero-order chi connectivity index (χ0) is 9.97. The highest BCUT2D eigenvalue weighted by Crippen LogP contribution is 2.32. The zero-order valence-corrected chi connectivity index (χ0v) is 8.61. The molecular weight excluding hydrogens is 178 g/mol. The molecule has 0 N–H and O–H groups in total. The van der Waals surface area contributed by atoms with E-state index in [4.69, 9.17) is 4.74 Å². The normalized spacial score (nSPS) is 30.2. The molecule has 0 radical (unpaired) electrons. The molecule has 1 fully saturated rings. The van der Waals surface area contributed by atoms with E-state index in [2.05, 4.69) is 12.2 Å². The molecule has 0 bridgehead atoms. The van der Waals surface area contributed by atoms with E-state index in [0.29, 0.717) is 18.4 Å². The number of carbonyl (C=O) groups is 1. The number of hydrogen-bond donors (Lipinski definition) is 0. The largest absolute Gasteiger partial charge is 0.450 e. The van der Waals surface area contributed by atoms with Gasteiger partial charge in [-0.2, -0.15) is 0 Å². The molecular formula is C11H17NO2. The minimum absolute atomic E-state index is 0.137. The molecule has 0 aromatic carbocycles. The molecule has 0 spiro atoms. The molecule has 2 atom stereocenters. The fraction of sp³-hybridized carbons (Fsp3) is 0.727. The van der Waals surface area contributed by atoms with Gasteiger partial charge in [0.2, 0.25) is 0 Å². The predicted octanol–water partition coefficient (Wildman–Crippen LogP) is 2.04. The number of rotatable bonds is 1. The van der Waals surface area contributed by atoms with Crippen molar-refractivity contribution in [1.82, 2.24) is 4.90 Å². The highest BCUT2D eigenvalue weighted by Gasteiger charge is 2.35. The maximum absolute atomic E-state index is 11.5. The van der Waals surface area contributed by atoms with Crippen LogP contribution in [-0.4, -0.2) is 30.7 Å². The summed E-state index contributed by atoms with van der Waals surface area (Å²) in [6, 6.07) is 0. The second-order valence-corrected chi connectivity index (χ2v) is 4.07. The van der Waals surface area contributed by atoms with E-state index in [1.54, 1.807) is 0 Å². The van der Waals surface area contributed by atoms with Gasteiger partial charge < -0.3 is 9.64 Å².